The lowest BCUT2D eigenvalue weighted by atomic mass is 9.76. The first kappa shape index (κ1) is 54.2. The standard InChI is InChI=1S/C49H60Cl4N3O10P/c1-27(2)56(28(3)4)67(62-22-16-19-54)61-21-15-13-12-14-20-55-38(57)18-17-30-23-33-43(39(53)42(30)65-46(60)48(9,10)11)63-40-29(5)41(64-45(59)47(6,7)8)37(52)26-34(40)49(33)32-25-36(51)35(50)24-31(32)44(58)66-49/h23-28H,12-18,20-22H2,1-11H3,(H,55,57). The number of halogens is 4. The van der Waals surface area contributed by atoms with Crippen LogP contribution < -0.4 is 19.5 Å². The van der Waals surface area contributed by atoms with Crippen LogP contribution in [0.15, 0.2) is 24.3 Å². The highest BCUT2D eigenvalue weighted by Crippen LogP contribution is 2.62. The van der Waals surface area contributed by atoms with E-state index in [1.165, 1.54) is 18.2 Å². The third kappa shape index (κ3) is 12.2. The van der Waals surface area contributed by atoms with Gasteiger partial charge in [0.15, 0.2) is 22.8 Å². The zero-order chi connectivity index (χ0) is 49.8. The first-order chi connectivity index (χ1) is 31.3. The minimum absolute atomic E-state index is 0.0176. The Bertz CT molecular complexity index is 2420. The van der Waals surface area contributed by atoms with Crippen LogP contribution in [-0.4, -0.2) is 60.3 Å². The Balaban J connectivity index is 1.42. The van der Waals surface area contributed by atoms with E-state index in [4.69, 9.17) is 79.7 Å². The summed E-state index contributed by atoms with van der Waals surface area (Å²) < 4.78 is 39.2. The Morgan fingerprint density at radius 3 is 1.97 bits per heavy atom. The van der Waals surface area contributed by atoms with Crippen LogP contribution in [0.2, 0.25) is 20.1 Å². The van der Waals surface area contributed by atoms with Crippen LogP contribution in [0, 0.1) is 29.1 Å². The van der Waals surface area contributed by atoms with E-state index < -0.39 is 42.9 Å². The summed E-state index contributed by atoms with van der Waals surface area (Å²) in [6.45, 7) is 21.5. The summed E-state index contributed by atoms with van der Waals surface area (Å²) in [5, 5.41) is 12.1. The molecule has 1 spiro atoms. The molecule has 2 unspecified atom stereocenters. The number of esters is 3. The number of carbonyl (C=O) groups is 4. The molecule has 18 heteroatoms. The van der Waals surface area contributed by atoms with Crippen LogP contribution in [0.3, 0.4) is 0 Å². The summed E-state index contributed by atoms with van der Waals surface area (Å²) in [5.41, 5.74) is -2.08. The van der Waals surface area contributed by atoms with Gasteiger partial charge < -0.3 is 33.3 Å². The number of amides is 1. The zero-order valence-electron chi connectivity index (χ0n) is 40.0. The first-order valence-corrected chi connectivity index (χ1v) is 25.0. The maximum atomic E-state index is 13.9. The molecule has 3 aromatic carbocycles. The summed E-state index contributed by atoms with van der Waals surface area (Å²) in [7, 11) is -1.31. The van der Waals surface area contributed by atoms with Gasteiger partial charge in [-0.05, 0) is 125 Å². The second-order valence-electron chi connectivity index (χ2n) is 19.2. The van der Waals surface area contributed by atoms with Gasteiger partial charge in [-0.2, -0.15) is 5.26 Å². The normalized spacial score (nSPS) is 15.7. The highest BCUT2D eigenvalue weighted by atomic mass is 35.5. The number of ether oxygens (including phenoxy) is 4. The quantitative estimate of drug-likeness (QED) is 0.0524. The van der Waals surface area contributed by atoms with Crippen LogP contribution in [0.5, 0.6) is 23.0 Å². The molecule has 2 aliphatic rings. The van der Waals surface area contributed by atoms with E-state index in [0.717, 1.165) is 25.7 Å². The van der Waals surface area contributed by atoms with Crippen molar-refractivity contribution in [1.29, 1.82) is 5.26 Å². The summed E-state index contributed by atoms with van der Waals surface area (Å²) in [5.74, 6) is -2.06. The van der Waals surface area contributed by atoms with Gasteiger partial charge in [-0.3, -0.25) is 14.4 Å². The summed E-state index contributed by atoms with van der Waals surface area (Å²) in [6, 6.07) is 8.64. The van der Waals surface area contributed by atoms with Crippen molar-refractivity contribution in [2.75, 3.05) is 19.8 Å². The molecule has 1 amide bonds. The lowest BCUT2D eigenvalue weighted by Crippen LogP contribution is -2.34. The van der Waals surface area contributed by atoms with Crippen LogP contribution in [0.25, 0.3) is 0 Å². The monoisotopic (exact) mass is 1020 g/mol. The Morgan fingerprint density at radius 1 is 0.791 bits per heavy atom. The summed E-state index contributed by atoms with van der Waals surface area (Å²) in [4.78, 5) is 54.0. The molecule has 364 valence electrons. The lowest BCUT2D eigenvalue weighted by molar-refractivity contribution is -0.143. The maximum absolute atomic E-state index is 13.9. The number of carbonyl (C=O) groups excluding carboxylic acids is 4. The molecule has 2 atom stereocenters. The molecule has 5 rings (SSSR count). The number of rotatable bonds is 19. The van der Waals surface area contributed by atoms with E-state index in [2.05, 4.69) is 43.8 Å². The average molecular weight is 1020 g/mol. The van der Waals surface area contributed by atoms with E-state index in [1.807, 2.05) is 0 Å². The maximum Gasteiger partial charge on any atom is 0.340 e. The number of benzene rings is 3. The predicted octanol–water partition coefficient (Wildman–Crippen LogP) is 13.0. The predicted molar refractivity (Wildman–Crippen MR) is 261 cm³/mol. The lowest BCUT2D eigenvalue weighted by Gasteiger charge is -2.38. The highest BCUT2D eigenvalue weighted by molar-refractivity contribution is 7.44. The Morgan fingerprint density at radius 2 is 1.36 bits per heavy atom. The van der Waals surface area contributed by atoms with Gasteiger partial charge >= 0.3 is 17.9 Å². The second-order valence-corrected chi connectivity index (χ2v) is 22.2. The van der Waals surface area contributed by atoms with E-state index in [0.29, 0.717) is 42.9 Å². The minimum Gasteiger partial charge on any atom is -0.454 e. The second kappa shape index (κ2) is 22.4. The fourth-order valence-electron chi connectivity index (χ4n) is 7.58. The largest absolute Gasteiger partial charge is 0.454 e. The van der Waals surface area contributed by atoms with Gasteiger partial charge in [0, 0.05) is 47.3 Å². The third-order valence-corrected chi connectivity index (χ3v) is 14.5. The number of hydrogen-bond acceptors (Lipinski definition) is 12. The molecule has 2 heterocycles. The van der Waals surface area contributed by atoms with Gasteiger partial charge in [0.2, 0.25) is 5.91 Å². The fourth-order valence-corrected chi connectivity index (χ4v) is 10.1. The van der Waals surface area contributed by atoms with Crippen LogP contribution in [0.1, 0.15) is 146 Å². The minimum atomic E-state index is -1.81. The van der Waals surface area contributed by atoms with Crippen LogP contribution >= 0.6 is 54.9 Å². The van der Waals surface area contributed by atoms with Crippen LogP contribution in [-0.2, 0) is 40.2 Å². The first-order valence-electron chi connectivity index (χ1n) is 22.4. The summed E-state index contributed by atoms with van der Waals surface area (Å²) >= 11 is 27.3. The van der Waals surface area contributed by atoms with Gasteiger partial charge in [0.05, 0.1) is 57.2 Å². The number of nitrogens with one attached hydrogen (secondary N) is 1. The zero-order valence-corrected chi connectivity index (χ0v) is 43.9. The molecule has 0 aromatic heterocycles. The molecular formula is C49H60Cl4N3O10P. The molecule has 0 aliphatic carbocycles. The van der Waals surface area contributed by atoms with E-state index in [-0.39, 0.29) is 90.6 Å². The van der Waals surface area contributed by atoms with Crippen LogP contribution in [0.4, 0.5) is 0 Å². The van der Waals surface area contributed by atoms with Crippen molar-refractivity contribution in [3.8, 4) is 29.1 Å². The molecule has 0 saturated carbocycles. The van der Waals surface area contributed by atoms with Crippen molar-refractivity contribution in [3.63, 3.8) is 0 Å². The van der Waals surface area contributed by atoms with Crippen molar-refractivity contribution in [2.24, 2.45) is 10.8 Å². The van der Waals surface area contributed by atoms with Gasteiger partial charge in [0.25, 0.3) is 8.53 Å². The third-order valence-electron chi connectivity index (χ3n) is 11.0. The number of nitriles is 1. The van der Waals surface area contributed by atoms with Gasteiger partial charge in [0.1, 0.15) is 10.8 Å². The van der Waals surface area contributed by atoms with Gasteiger partial charge in [-0.15, -0.1) is 0 Å². The molecule has 3 aromatic rings. The Kier molecular flexibility index (Phi) is 18.1. The van der Waals surface area contributed by atoms with E-state index in [1.54, 1.807) is 54.5 Å². The molecule has 0 fully saturated rings. The fraction of sp³-hybridized carbons (Fsp3) is 0.531. The van der Waals surface area contributed by atoms with Gasteiger partial charge in [-0.25, -0.2) is 9.46 Å². The molecule has 0 radical (unpaired) electrons. The van der Waals surface area contributed by atoms with E-state index >= 15 is 0 Å². The molecular weight excluding hydrogens is 963 g/mol. The van der Waals surface area contributed by atoms with E-state index in [9.17, 15) is 19.2 Å². The van der Waals surface area contributed by atoms with Crippen molar-refractivity contribution in [1.82, 2.24) is 9.99 Å². The molecule has 67 heavy (non-hydrogen) atoms. The number of hydrogen-bond donors (Lipinski definition) is 1. The molecule has 0 saturated heterocycles. The summed E-state index contributed by atoms with van der Waals surface area (Å²) in [6.07, 6.45) is 3.60. The topological polar surface area (TPSA) is 163 Å². The van der Waals surface area contributed by atoms with Crippen molar-refractivity contribution < 1.29 is 47.2 Å². The number of fused-ring (bicyclic) bond motifs is 6. The molecule has 13 nitrogen and oxygen atoms in total. The Hall–Kier alpha value is -3.70. The number of unbranched alkanes of at least 4 members (excludes halogenated alkanes) is 3. The Labute approximate surface area is 415 Å². The van der Waals surface area contributed by atoms with Gasteiger partial charge in [-0.1, -0.05) is 59.2 Å². The molecule has 0 bridgehead atoms. The SMILES string of the molecule is Cc1c(OC(=O)C(C)(C)C)c(Cl)cc2c1Oc1c(cc(CCC(=O)NCCCCCCOP(OCCC#N)N(C(C)C)C(C)C)c(OC(=O)C(C)(C)C)c1Cl)C21OC(=O)c2cc(Cl)c(Cl)cc21. The smallest absolute Gasteiger partial charge is 0.340 e. The molecule has 2 aliphatic heterocycles. The number of aryl methyl sites for hydroxylation is 1. The molecule has 1 N–H and O–H groups in total. The highest BCUT2D eigenvalue weighted by Gasteiger charge is 2.56. The van der Waals surface area contributed by atoms with Crippen molar-refractivity contribution >= 4 is 78.7 Å². The number of nitrogens with zero attached hydrogens (tertiary/aromatic N) is 2. The van der Waals surface area contributed by atoms with Crippen molar-refractivity contribution in [2.45, 2.75) is 139 Å². The van der Waals surface area contributed by atoms with Crippen molar-refractivity contribution in [3.05, 3.63) is 77.7 Å². The average Bonchev–Trinajstić information content (AvgIpc) is 3.50.